The van der Waals surface area contributed by atoms with Crippen LogP contribution >= 0.6 is 0 Å². The van der Waals surface area contributed by atoms with Crippen LogP contribution in [0, 0.1) is 0 Å². The van der Waals surface area contributed by atoms with Gasteiger partial charge in [-0.3, -0.25) is 19.5 Å². The number of carbonyl (C=O) groups is 2. The Morgan fingerprint density at radius 1 is 1.00 bits per heavy atom. The summed E-state index contributed by atoms with van der Waals surface area (Å²) in [6.45, 7) is 7.23. The number of morpholine rings is 1. The fraction of sp³-hybridized carbons (Fsp3) is 0.714. The second-order valence-corrected chi connectivity index (χ2v) is 8.08. The topological polar surface area (TPSA) is 97.3 Å². The van der Waals surface area contributed by atoms with Crippen LogP contribution < -0.4 is 0 Å². The van der Waals surface area contributed by atoms with E-state index in [9.17, 15) is 9.59 Å². The summed E-state index contributed by atoms with van der Waals surface area (Å²) in [7, 11) is 0. The third-order valence-corrected chi connectivity index (χ3v) is 6.15. The Balaban J connectivity index is 1.31. The molecule has 10 nitrogen and oxygen atoms in total. The zero-order valence-corrected chi connectivity index (χ0v) is 17.9. The summed E-state index contributed by atoms with van der Waals surface area (Å²) in [5, 5.41) is 0. The van der Waals surface area contributed by atoms with Gasteiger partial charge in [0.1, 0.15) is 5.69 Å². The van der Waals surface area contributed by atoms with Crippen LogP contribution in [0.5, 0.6) is 0 Å². The highest BCUT2D eigenvalue weighted by atomic mass is 16.7. The number of aromatic nitrogens is 2. The number of likely N-dealkylation sites (tertiary alicyclic amines) is 1. The maximum Gasteiger partial charge on any atom is 0.274 e. The SMILES string of the molecule is O=C(CCN(CCN1CCOCC1)C(=O)c1cnccn1)N1CCC2(CC1)OCCO2. The van der Waals surface area contributed by atoms with Gasteiger partial charge in [0, 0.05) is 77.5 Å². The molecule has 3 fully saturated rings. The summed E-state index contributed by atoms with van der Waals surface area (Å²) in [6, 6.07) is 0. The Morgan fingerprint density at radius 3 is 2.42 bits per heavy atom. The molecular weight excluding hydrogens is 402 g/mol. The van der Waals surface area contributed by atoms with Crippen LogP contribution in [0.3, 0.4) is 0 Å². The van der Waals surface area contributed by atoms with Gasteiger partial charge in [-0.25, -0.2) is 4.98 Å². The number of rotatable bonds is 7. The van der Waals surface area contributed by atoms with Crippen LogP contribution in [-0.2, 0) is 19.0 Å². The van der Waals surface area contributed by atoms with E-state index in [1.165, 1.54) is 12.4 Å². The lowest BCUT2D eigenvalue weighted by molar-refractivity contribution is -0.187. The molecule has 0 bridgehead atoms. The molecule has 0 atom stereocenters. The molecule has 0 aromatic carbocycles. The zero-order valence-electron chi connectivity index (χ0n) is 17.9. The monoisotopic (exact) mass is 433 g/mol. The number of nitrogens with zero attached hydrogens (tertiary/aromatic N) is 5. The van der Waals surface area contributed by atoms with E-state index in [-0.39, 0.29) is 18.2 Å². The van der Waals surface area contributed by atoms with Crippen LogP contribution in [0.1, 0.15) is 29.8 Å². The highest BCUT2D eigenvalue weighted by Gasteiger charge is 2.40. The number of amides is 2. The highest BCUT2D eigenvalue weighted by molar-refractivity contribution is 5.92. The van der Waals surface area contributed by atoms with E-state index in [2.05, 4.69) is 14.9 Å². The molecule has 3 aliphatic rings. The first-order chi connectivity index (χ1) is 15.2. The van der Waals surface area contributed by atoms with Crippen molar-refractivity contribution in [2.75, 3.05) is 72.2 Å². The van der Waals surface area contributed by atoms with Crippen LogP contribution in [0.25, 0.3) is 0 Å². The first-order valence-corrected chi connectivity index (χ1v) is 11.1. The van der Waals surface area contributed by atoms with E-state index in [1.54, 1.807) is 11.1 Å². The fourth-order valence-electron chi connectivity index (χ4n) is 4.24. The van der Waals surface area contributed by atoms with Gasteiger partial charge in [-0.1, -0.05) is 0 Å². The number of ether oxygens (including phenoxy) is 3. The molecule has 1 aromatic heterocycles. The lowest BCUT2D eigenvalue weighted by Crippen LogP contribution is -2.48. The molecule has 0 radical (unpaired) electrons. The molecule has 2 amide bonds. The van der Waals surface area contributed by atoms with E-state index in [0.717, 1.165) is 19.6 Å². The average molecular weight is 434 g/mol. The predicted octanol–water partition coefficient (Wildman–Crippen LogP) is 0.00660. The Bertz CT molecular complexity index is 727. The summed E-state index contributed by atoms with van der Waals surface area (Å²) in [5.74, 6) is -0.640. The smallest absolute Gasteiger partial charge is 0.274 e. The van der Waals surface area contributed by atoms with E-state index in [1.807, 2.05) is 4.90 Å². The lowest BCUT2D eigenvalue weighted by Gasteiger charge is -2.38. The number of carbonyl (C=O) groups excluding carboxylic acids is 2. The third kappa shape index (κ3) is 5.76. The predicted molar refractivity (Wildman–Crippen MR) is 110 cm³/mol. The summed E-state index contributed by atoms with van der Waals surface area (Å²) >= 11 is 0. The Kier molecular flexibility index (Phi) is 7.44. The van der Waals surface area contributed by atoms with E-state index >= 15 is 0 Å². The van der Waals surface area contributed by atoms with E-state index in [4.69, 9.17) is 14.2 Å². The molecule has 4 heterocycles. The zero-order chi connectivity index (χ0) is 21.5. The van der Waals surface area contributed by atoms with Crippen LogP contribution in [0.15, 0.2) is 18.6 Å². The fourth-order valence-corrected chi connectivity index (χ4v) is 4.24. The molecule has 3 aliphatic heterocycles. The second-order valence-electron chi connectivity index (χ2n) is 8.08. The number of hydrogen-bond acceptors (Lipinski definition) is 8. The molecule has 10 heteroatoms. The van der Waals surface area contributed by atoms with Gasteiger partial charge < -0.3 is 24.0 Å². The van der Waals surface area contributed by atoms with Crippen molar-refractivity contribution in [2.24, 2.45) is 0 Å². The first kappa shape index (κ1) is 22.1. The summed E-state index contributed by atoms with van der Waals surface area (Å²) in [4.78, 5) is 39.8. The van der Waals surface area contributed by atoms with Crippen molar-refractivity contribution in [1.82, 2.24) is 24.7 Å². The van der Waals surface area contributed by atoms with E-state index < -0.39 is 5.79 Å². The largest absolute Gasteiger partial charge is 0.379 e. The van der Waals surface area contributed by atoms with Crippen molar-refractivity contribution in [3.05, 3.63) is 24.3 Å². The minimum atomic E-state index is -0.497. The second kappa shape index (κ2) is 10.4. The van der Waals surface area contributed by atoms with E-state index in [0.29, 0.717) is 71.1 Å². The van der Waals surface area contributed by atoms with Crippen molar-refractivity contribution in [1.29, 1.82) is 0 Å². The van der Waals surface area contributed by atoms with Gasteiger partial charge in [0.05, 0.1) is 32.6 Å². The summed E-state index contributed by atoms with van der Waals surface area (Å²) < 4.78 is 16.9. The Hall–Kier alpha value is -2.14. The Morgan fingerprint density at radius 2 is 1.74 bits per heavy atom. The van der Waals surface area contributed by atoms with Crippen molar-refractivity contribution >= 4 is 11.8 Å². The van der Waals surface area contributed by atoms with Gasteiger partial charge in [-0.15, -0.1) is 0 Å². The number of hydrogen-bond donors (Lipinski definition) is 0. The number of piperidine rings is 1. The molecule has 0 unspecified atom stereocenters. The van der Waals surface area contributed by atoms with Crippen molar-refractivity contribution in [3.8, 4) is 0 Å². The maximum absolute atomic E-state index is 13.0. The molecule has 1 spiro atoms. The highest BCUT2D eigenvalue weighted by Crippen LogP contribution is 2.31. The molecule has 1 aromatic rings. The average Bonchev–Trinajstić information content (AvgIpc) is 3.28. The molecular formula is C21H31N5O5. The molecule has 3 saturated heterocycles. The van der Waals surface area contributed by atoms with Gasteiger partial charge >= 0.3 is 0 Å². The summed E-state index contributed by atoms with van der Waals surface area (Å²) in [6.07, 6.45) is 6.19. The molecule has 0 N–H and O–H groups in total. The van der Waals surface area contributed by atoms with Gasteiger partial charge in [-0.05, 0) is 0 Å². The standard InChI is InChI=1S/C21H31N5O5/c27-19(25-7-2-21(3-8-25)30-15-16-31-21)1-6-26(10-9-24-11-13-29-14-12-24)20(28)18-17-22-4-5-23-18/h4-5,17H,1-3,6-16H2. The lowest BCUT2D eigenvalue weighted by atomic mass is 10.0. The van der Waals surface area contributed by atoms with Gasteiger partial charge in [0.2, 0.25) is 5.91 Å². The van der Waals surface area contributed by atoms with Crippen molar-refractivity contribution in [3.63, 3.8) is 0 Å². The third-order valence-electron chi connectivity index (χ3n) is 6.15. The van der Waals surface area contributed by atoms with Gasteiger partial charge in [0.15, 0.2) is 5.79 Å². The minimum Gasteiger partial charge on any atom is -0.379 e. The van der Waals surface area contributed by atoms with Crippen molar-refractivity contribution < 1.29 is 23.8 Å². The molecule has 0 aliphatic carbocycles. The summed E-state index contributed by atoms with van der Waals surface area (Å²) in [5.41, 5.74) is 0.298. The van der Waals surface area contributed by atoms with Crippen molar-refractivity contribution in [2.45, 2.75) is 25.0 Å². The molecule has 4 rings (SSSR count). The van der Waals surface area contributed by atoms with Gasteiger partial charge in [0.25, 0.3) is 5.91 Å². The van der Waals surface area contributed by atoms with Gasteiger partial charge in [-0.2, -0.15) is 0 Å². The maximum atomic E-state index is 13.0. The quantitative estimate of drug-likeness (QED) is 0.593. The molecule has 31 heavy (non-hydrogen) atoms. The van der Waals surface area contributed by atoms with Crippen LogP contribution in [0.2, 0.25) is 0 Å². The van der Waals surface area contributed by atoms with Crippen LogP contribution in [0.4, 0.5) is 0 Å². The minimum absolute atomic E-state index is 0.0520. The van der Waals surface area contributed by atoms with Crippen LogP contribution in [-0.4, -0.2) is 115 Å². The molecule has 170 valence electrons. The molecule has 0 saturated carbocycles. The normalized spacial score (nSPS) is 21.4. The Labute approximate surface area is 182 Å². The first-order valence-electron chi connectivity index (χ1n) is 11.1.